The average Bonchev–Trinajstić information content (AvgIpc) is 2.46. The van der Waals surface area contributed by atoms with Crippen molar-refractivity contribution in [1.29, 1.82) is 0 Å². The number of rotatable bonds is 3. The molecule has 0 radical (unpaired) electrons. The van der Waals surface area contributed by atoms with Crippen LogP contribution >= 0.6 is 0 Å². The zero-order chi connectivity index (χ0) is 15.7. The summed E-state index contributed by atoms with van der Waals surface area (Å²) >= 11 is 0. The number of hydrogen-bond acceptors (Lipinski definition) is 1. The van der Waals surface area contributed by atoms with Crippen LogP contribution in [-0.4, -0.2) is 29.3 Å². The summed E-state index contributed by atoms with van der Waals surface area (Å²) in [5, 5.41) is 0. The summed E-state index contributed by atoms with van der Waals surface area (Å²) < 4.78 is 27.6. The predicted molar refractivity (Wildman–Crippen MR) is 80.2 cm³/mol. The standard InChI is InChI=1S/C17H27F2NO/c1-16(2,17(3,18)19)15(21)20-12-8-7-11-14(20)13-9-5-4-6-10-13/h7,11,13-14H,4-6,8-10,12H2,1-3H3. The molecular weight excluding hydrogens is 272 g/mol. The Balaban J connectivity index is 2.19. The number of hydrogen-bond donors (Lipinski definition) is 0. The van der Waals surface area contributed by atoms with E-state index < -0.39 is 17.2 Å². The number of amides is 1. The van der Waals surface area contributed by atoms with Crippen molar-refractivity contribution in [2.75, 3.05) is 6.54 Å². The number of alkyl halides is 2. The van der Waals surface area contributed by atoms with E-state index in [-0.39, 0.29) is 6.04 Å². The van der Waals surface area contributed by atoms with Crippen LogP contribution in [0, 0.1) is 11.3 Å². The van der Waals surface area contributed by atoms with Crippen LogP contribution in [0.15, 0.2) is 12.2 Å². The molecule has 1 aliphatic heterocycles. The zero-order valence-electron chi connectivity index (χ0n) is 13.4. The Morgan fingerprint density at radius 1 is 1.14 bits per heavy atom. The van der Waals surface area contributed by atoms with Crippen molar-refractivity contribution in [3.63, 3.8) is 0 Å². The molecule has 0 aromatic rings. The molecule has 0 aromatic heterocycles. The summed E-state index contributed by atoms with van der Waals surface area (Å²) in [6.07, 6.45) is 10.7. The van der Waals surface area contributed by atoms with Crippen molar-refractivity contribution in [3.8, 4) is 0 Å². The van der Waals surface area contributed by atoms with E-state index in [1.165, 1.54) is 33.1 Å². The summed E-state index contributed by atoms with van der Waals surface area (Å²) in [4.78, 5) is 14.4. The first-order valence-electron chi connectivity index (χ1n) is 8.10. The molecule has 0 aromatic carbocycles. The lowest BCUT2D eigenvalue weighted by Crippen LogP contribution is -2.55. The summed E-state index contributed by atoms with van der Waals surface area (Å²) in [6.45, 7) is 4.15. The van der Waals surface area contributed by atoms with Gasteiger partial charge in [-0.05, 0) is 39.0 Å². The molecule has 1 unspecified atom stereocenters. The van der Waals surface area contributed by atoms with Crippen molar-refractivity contribution in [2.24, 2.45) is 11.3 Å². The molecule has 2 nitrogen and oxygen atoms in total. The molecular formula is C17H27F2NO. The van der Waals surface area contributed by atoms with Gasteiger partial charge in [-0.2, -0.15) is 0 Å². The highest BCUT2D eigenvalue weighted by Crippen LogP contribution is 2.40. The van der Waals surface area contributed by atoms with Gasteiger partial charge in [0.15, 0.2) is 0 Å². The third-order valence-electron chi connectivity index (χ3n) is 5.26. The van der Waals surface area contributed by atoms with Crippen LogP contribution in [0.25, 0.3) is 0 Å². The van der Waals surface area contributed by atoms with Crippen LogP contribution in [0.3, 0.4) is 0 Å². The van der Waals surface area contributed by atoms with Crippen molar-refractivity contribution >= 4 is 5.91 Å². The van der Waals surface area contributed by atoms with Gasteiger partial charge in [0, 0.05) is 13.5 Å². The average molecular weight is 299 g/mol. The fraction of sp³-hybridized carbons (Fsp3) is 0.824. The number of carbonyl (C=O) groups excluding carboxylic acids is 1. The van der Waals surface area contributed by atoms with E-state index in [9.17, 15) is 13.6 Å². The van der Waals surface area contributed by atoms with Gasteiger partial charge in [0.2, 0.25) is 5.91 Å². The van der Waals surface area contributed by atoms with Gasteiger partial charge in [0.25, 0.3) is 5.92 Å². The first-order valence-corrected chi connectivity index (χ1v) is 8.10. The Bertz CT molecular complexity index is 406. The Morgan fingerprint density at radius 3 is 2.33 bits per heavy atom. The second-order valence-electron chi connectivity index (χ2n) is 7.12. The maximum absolute atomic E-state index is 13.8. The third kappa shape index (κ3) is 3.29. The predicted octanol–water partition coefficient (Wildman–Crippen LogP) is 4.41. The molecule has 1 atom stereocenters. The van der Waals surface area contributed by atoms with Gasteiger partial charge in [0.05, 0.1) is 6.04 Å². The third-order valence-corrected chi connectivity index (χ3v) is 5.26. The van der Waals surface area contributed by atoms with E-state index in [2.05, 4.69) is 12.2 Å². The maximum atomic E-state index is 13.8. The molecule has 21 heavy (non-hydrogen) atoms. The van der Waals surface area contributed by atoms with Gasteiger partial charge >= 0.3 is 0 Å². The summed E-state index contributed by atoms with van der Waals surface area (Å²) in [5.41, 5.74) is -1.65. The van der Waals surface area contributed by atoms with Gasteiger partial charge in [0.1, 0.15) is 5.41 Å². The lowest BCUT2D eigenvalue weighted by atomic mass is 9.79. The maximum Gasteiger partial charge on any atom is 0.259 e. The summed E-state index contributed by atoms with van der Waals surface area (Å²) in [6, 6.07) is 0.00757. The highest BCUT2D eigenvalue weighted by atomic mass is 19.3. The summed E-state index contributed by atoms with van der Waals surface area (Å²) in [5.74, 6) is -2.99. The lowest BCUT2D eigenvalue weighted by molar-refractivity contribution is -0.165. The first-order chi connectivity index (χ1) is 9.75. The van der Waals surface area contributed by atoms with Gasteiger partial charge in [-0.1, -0.05) is 31.4 Å². The molecule has 0 spiro atoms. The van der Waals surface area contributed by atoms with Crippen LogP contribution in [-0.2, 0) is 4.79 Å². The number of carbonyl (C=O) groups is 1. The van der Waals surface area contributed by atoms with E-state index in [0.29, 0.717) is 12.5 Å². The highest BCUT2D eigenvalue weighted by Gasteiger charge is 2.51. The Labute approximate surface area is 126 Å². The minimum absolute atomic E-state index is 0.00757. The Morgan fingerprint density at radius 2 is 1.76 bits per heavy atom. The quantitative estimate of drug-likeness (QED) is 0.707. The topological polar surface area (TPSA) is 20.3 Å². The fourth-order valence-corrected chi connectivity index (χ4v) is 3.37. The molecule has 120 valence electrons. The fourth-order valence-electron chi connectivity index (χ4n) is 3.37. The second-order valence-corrected chi connectivity index (χ2v) is 7.12. The number of nitrogens with zero attached hydrogens (tertiary/aromatic N) is 1. The van der Waals surface area contributed by atoms with Crippen molar-refractivity contribution < 1.29 is 13.6 Å². The number of halogens is 2. The van der Waals surface area contributed by atoms with E-state index in [1.807, 2.05) is 0 Å². The zero-order valence-corrected chi connectivity index (χ0v) is 13.4. The van der Waals surface area contributed by atoms with E-state index in [4.69, 9.17) is 0 Å². The smallest absolute Gasteiger partial charge is 0.259 e. The molecule has 2 aliphatic rings. The molecule has 0 N–H and O–H groups in total. The second kappa shape index (κ2) is 6.05. The molecule has 1 fully saturated rings. The van der Waals surface area contributed by atoms with Gasteiger partial charge in [-0.3, -0.25) is 4.79 Å². The van der Waals surface area contributed by atoms with Crippen LogP contribution < -0.4 is 0 Å². The normalized spacial score (nSPS) is 25.2. The monoisotopic (exact) mass is 299 g/mol. The molecule has 1 amide bonds. The van der Waals surface area contributed by atoms with E-state index >= 15 is 0 Å². The minimum Gasteiger partial charge on any atom is -0.335 e. The SMILES string of the molecule is CC(F)(F)C(C)(C)C(=O)N1CCC=CC1C1CCCCC1. The first kappa shape index (κ1) is 16.4. The van der Waals surface area contributed by atoms with Crippen molar-refractivity contribution in [2.45, 2.75) is 71.3 Å². The Kier molecular flexibility index (Phi) is 4.74. The van der Waals surface area contributed by atoms with Crippen molar-refractivity contribution in [3.05, 3.63) is 12.2 Å². The van der Waals surface area contributed by atoms with Crippen LogP contribution in [0.4, 0.5) is 8.78 Å². The van der Waals surface area contributed by atoms with Crippen LogP contribution in [0.1, 0.15) is 59.3 Å². The molecule has 0 bridgehead atoms. The highest BCUT2D eigenvalue weighted by molar-refractivity contribution is 5.83. The van der Waals surface area contributed by atoms with Crippen molar-refractivity contribution in [1.82, 2.24) is 4.90 Å². The lowest BCUT2D eigenvalue weighted by Gasteiger charge is -2.43. The summed E-state index contributed by atoms with van der Waals surface area (Å²) in [7, 11) is 0. The molecule has 1 aliphatic carbocycles. The minimum atomic E-state index is -3.01. The molecule has 0 saturated heterocycles. The van der Waals surface area contributed by atoms with E-state index in [1.54, 1.807) is 4.90 Å². The molecule has 2 rings (SSSR count). The van der Waals surface area contributed by atoms with E-state index in [0.717, 1.165) is 26.2 Å². The Hall–Kier alpha value is -0.930. The van der Waals surface area contributed by atoms with Gasteiger partial charge in [-0.15, -0.1) is 0 Å². The molecule has 4 heteroatoms. The van der Waals surface area contributed by atoms with Crippen LogP contribution in [0.5, 0.6) is 0 Å². The molecule has 1 heterocycles. The van der Waals surface area contributed by atoms with Gasteiger partial charge in [-0.25, -0.2) is 8.78 Å². The molecule has 1 saturated carbocycles. The largest absolute Gasteiger partial charge is 0.335 e. The van der Waals surface area contributed by atoms with Crippen LogP contribution in [0.2, 0.25) is 0 Å². The van der Waals surface area contributed by atoms with Gasteiger partial charge < -0.3 is 4.90 Å².